The monoisotopic (exact) mass is 476 g/mol. The lowest BCUT2D eigenvalue weighted by molar-refractivity contribution is -0.119. The molecule has 2 aromatic carbocycles. The average Bonchev–Trinajstić information content (AvgIpc) is 3.44. The van der Waals surface area contributed by atoms with Crippen LogP contribution in [0.5, 0.6) is 0 Å². The Labute approximate surface area is 207 Å². The van der Waals surface area contributed by atoms with Gasteiger partial charge in [0.25, 0.3) is 5.91 Å². The van der Waals surface area contributed by atoms with E-state index < -0.39 is 0 Å². The van der Waals surface area contributed by atoms with E-state index in [1.54, 1.807) is 0 Å². The van der Waals surface area contributed by atoms with E-state index in [0.29, 0.717) is 17.8 Å². The minimum absolute atomic E-state index is 0.0702. The van der Waals surface area contributed by atoms with Crippen molar-refractivity contribution in [1.82, 2.24) is 10.2 Å². The molecule has 2 heterocycles. The highest BCUT2D eigenvalue weighted by Gasteiger charge is 2.25. The summed E-state index contributed by atoms with van der Waals surface area (Å²) in [6.07, 6.45) is 5.08. The van der Waals surface area contributed by atoms with Crippen LogP contribution >= 0.6 is 0 Å². The van der Waals surface area contributed by atoms with Gasteiger partial charge in [-0.05, 0) is 48.6 Å². The summed E-state index contributed by atoms with van der Waals surface area (Å²) < 4.78 is 5.42. The molecule has 0 atom stereocenters. The van der Waals surface area contributed by atoms with Crippen LogP contribution in [0.3, 0.4) is 0 Å². The molecule has 7 heteroatoms. The van der Waals surface area contributed by atoms with Gasteiger partial charge in [0.05, 0.1) is 18.8 Å². The summed E-state index contributed by atoms with van der Waals surface area (Å²) in [6.45, 7) is 6.32. The number of carbonyl (C=O) groups excluding carboxylic acids is 2. The largest absolute Gasteiger partial charge is 0.379 e. The van der Waals surface area contributed by atoms with Crippen LogP contribution in [0.25, 0.3) is 0 Å². The molecule has 2 aromatic rings. The number of fused-ring (bicyclic) bond motifs is 1. The van der Waals surface area contributed by atoms with Crippen LogP contribution in [-0.4, -0.2) is 62.7 Å². The lowest BCUT2D eigenvalue weighted by atomic mass is 9.98. The molecule has 1 saturated heterocycles. The predicted octanol–water partition coefficient (Wildman–Crippen LogP) is 3.44. The number of amides is 2. The zero-order chi connectivity index (χ0) is 24.0. The van der Waals surface area contributed by atoms with Gasteiger partial charge in [-0.3, -0.25) is 14.5 Å². The first kappa shape index (κ1) is 23.8. The fourth-order valence-electron chi connectivity index (χ4n) is 5.45. The first-order valence-electron chi connectivity index (χ1n) is 13.0. The molecule has 0 radical (unpaired) electrons. The van der Waals surface area contributed by atoms with Crippen LogP contribution in [0, 0.1) is 5.92 Å². The van der Waals surface area contributed by atoms with Gasteiger partial charge >= 0.3 is 0 Å². The summed E-state index contributed by atoms with van der Waals surface area (Å²) in [6, 6.07) is 14.3. The second-order valence-electron chi connectivity index (χ2n) is 9.85. The maximum Gasteiger partial charge on any atom is 0.253 e. The molecule has 35 heavy (non-hydrogen) atoms. The molecule has 1 aliphatic carbocycles. The zero-order valence-corrected chi connectivity index (χ0v) is 20.4. The van der Waals surface area contributed by atoms with Crippen molar-refractivity contribution >= 4 is 23.2 Å². The van der Waals surface area contributed by atoms with Crippen molar-refractivity contribution in [2.24, 2.45) is 5.92 Å². The number of hydrogen-bond donors (Lipinski definition) is 2. The summed E-state index contributed by atoms with van der Waals surface area (Å²) in [5.74, 6) is 0.0592. The molecule has 7 nitrogen and oxygen atoms in total. The van der Waals surface area contributed by atoms with Crippen molar-refractivity contribution in [3.05, 3.63) is 59.2 Å². The second-order valence-corrected chi connectivity index (χ2v) is 9.85. The molecule has 3 aliphatic rings. The first-order chi connectivity index (χ1) is 17.2. The lowest BCUT2D eigenvalue weighted by Crippen LogP contribution is -2.41. The van der Waals surface area contributed by atoms with E-state index in [0.717, 1.165) is 83.7 Å². The van der Waals surface area contributed by atoms with Crippen LogP contribution < -0.4 is 15.5 Å². The van der Waals surface area contributed by atoms with Crippen molar-refractivity contribution in [2.45, 2.75) is 38.6 Å². The maximum absolute atomic E-state index is 13.4. The van der Waals surface area contributed by atoms with Crippen LogP contribution in [0.15, 0.2) is 42.5 Å². The van der Waals surface area contributed by atoms with E-state index in [1.165, 1.54) is 11.1 Å². The number of benzene rings is 2. The highest BCUT2D eigenvalue weighted by Crippen LogP contribution is 2.31. The number of anilines is 2. The summed E-state index contributed by atoms with van der Waals surface area (Å²) in [5.41, 5.74) is 4.91. The molecule has 186 valence electrons. The van der Waals surface area contributed by atoms with E-state index in [1.807, 2.05) is 18.2 Å². The summed E-state index contributed by atoms with van der Waals surface area (Å²) in [5, 5.41) is 6.19. The Morgan fingerprint density at radius 2 is 1.74 bits per heavy atom. The Morgan fingerprint density at radius 1 is 0.971 bits per heavy atom. The van der Waals surface area contributed by atoms with Crippen LogP contribution in [0.4, 0.5) is 11.4 Å². The SMILES string of the molecule is O=C(NCCN1CCOCC1)c1cc(NC(=O)C2CCCC2)ccc1N1CCc2ccccc2C1. The topological polar surface area (TPSA) is 73.9 Å². The molecule has 5 rings (SSSR count). The Kier molecular flexibility index (Phi) is 7.64. The van der Waals surface area contributed by atoms with Gasteiger partial charge in [0.1, 0.15) is 0 Å². The van der Waals surface area contributed by atoms with E-state index in [2.05, 4.69) is 44.7 Å². The van der Waals surface area contributed by atoms with Crippen molar-refractivity contribution in [2.75, 3.05) is 56.2 Å². The quantitative estimate of drug-likeness (QED) is 0.641. The number of morpholine rings is 1. The fraction of sp³-hybridized carbons (Fsp3) is 0.500. The summed E-state index contributed by atoms with van der Waals surface area (Å²) in [7, 11) is 0. The number of nitrogens with zero attached hydrogens (tertiary/aromatic N) is 2. The third-order valence-corrected chi connectivity index (χ3v) is 7.52. The standard InChI is InChI=1S/C28H36N4O3/c33-27(22-6-2-3-7-22)30-24-9-10-26(32-13-11-21-5-1-4-8-23(21)20-32)25(19-24)28(34)29-12-14-31-15-17-35-18-16-31/h1,4-5,8-10,19,22H,2-3,6-7,11-18,20H2,(H,29,34)(H,30,33). The molecular formula is C28H36N4O3. The molecule has 1 saturated carbocycles. The van der Waals surface area contributed by atoms with Gasteiger partial charge in [0.2, 0.25) is 5.91 Å². The Morgan fingerprint density at radius 3 is 2.54 bits per heavy atom. The zero-order valence-electron chi connectivity index (χ0n) is 20.4. The van der Waals surface area contributed by atoms with E-state index in [9.17, 15) is 9.59 Å². The third kappa shape index (κ3) is 5.85. The Hall–Kier alpha value is -2.90. The molecule has 2 amide bonds. The molecule has 0 bridgehead atoms. The van der Waals surface area contributed by atoms with Gasteiger partial charge in [0, 0.05) is 56.6 Å². The normalized spacial score (nSPS) is 18.8. The minimum Gasteiger partial charge on any atom is -0.379 e. The number of ether oxygens (including phenoxy) is 1. The molecule has 0 unspecified atom stereocenters. The lowest BCUT2D eigenvalue weighted by Gasteiger charge is -2.32. The van der Waals surface area contributed by atoms with E-state index in [4.69, 9.17) is 4.74 Å². The molecule has 2 N–H and O–H groups in total. The van der Waals surface area contributed by atoms with Gasteiger partial charge in [-0.2, -0.15) is 0 Å². The highest BCUT2D eigenvalue weighted by molar-refractivity contribution is 6.02. The first-order valence-corrected chi connectivity index (χ1v) is 13.0. The smallest absolute Gasteiger partial charge is 0.253 e. The third-order valence-electron chi connectivity index (χ3n) is 7.52. The van der Waals surface area contributed by atoms with Gasteiger partial charge < -0.3 is 20.3 Å². The minimum atomic E-state index is -0.0934. The number of hydrogen-bond acceptors (Lipinski definition) is 5. The van der Waals surface area contributed by atoms with Crippen molar-refractivity contribution < 1.29 is 14.3 Å². The van der Waals surface area contributed by atoms with E-state index >= 15 is 0 Å². The van der Waals surface area contributed by atoms with Crippen LogP contribution in [0.2, 0.25) is 0 Å². The van der Waals surface area contributed by atoms with Gasteiger partial charge in [-0.25, -0.2) is 0 Å². The number of nitrogens with one attached hydrogen (secondary N) is 2. The Bertz CT molecular complexity index is 1040. The molecule has 0 spiro atoms. The van der Waals surface area contributed by atoms with Crippen molar-refractivity contribution in [3.8, 4) is 0 Å². The van der Waals surface area contributed by atoms with E-state index in [-0.39, 0.29) is 17.7 Å². The maximum atomic E-state index is 13.4. The Balaban J connectivity index is 1.33. The van der Waals surface area contributed by atoms with Crippen LogP contribution in [-0.2, 0) is 22.5 Å². The molecule has 2 fully saturated rings. The molecular weight excluding hydrogens is 440 g/mol. The fourth-order valence-corrected chi connectivity index (χ4v) is 5.45. The average molecular weight is 477 g/mol. The molecule has 0 aromatic heterocycles. The second kappa shape index (κ2) is 11.2. The molecule has 2 aliphatic heterocycles. The van der Waals surface area contributed by atoms with Crippen LogP contribution in [0.1, 0.15) is 47.2 Å². The number of carbonyl (C=O) groups is 2. The van der Waals surface area contributed by atoms with Gasteiger partial charge in [-0.1, -0.05) is 37.1 Å². The highest BCUT2D eigenvalue weighted by atomic mass is 16.5. The summed E-state index contributed by atoms with van der Waals surface area (Å²) in [4.78, 5) is 30.7. The van der Waals surface area contributed by atoms with Gasteiger partial charge in [-0.15, -0.1) is 0 Å². The summed E-state index contributed by atoms with van der Waals surface area (Å²) >= 11 is 0. The predicted molar refractivity (Wildman–Crippen MR) is 138 cm³/mol. The number of rotatable bonds is 7. The van der Waals surface area contributed by atoms with Crippen molar-refractivity contribution in [3.63, 3.8) is 0 Å². The van der Waals surface area contributed by atoms with Crippen molar-refractivity contribution in [1.29, 1.82) is 0 Å². The van der Waals surface area contributed by atoms with Gasteiger partial charge in [0.15, 0.2) is 0 Å².